The van der Waals surface area contributed by atoms with Crippen LogP contribution in [-0.4, -0.2) is 47.0 Å². The van der Waals surface area contributed by atoms with E-state index in [0.29, 0.717) is 16.9 Å². The summed E-state index contributed by atoms with van der Waals surface area (Å²) in [4.78, 5) is 20.5. The molecular weight excluding hydrogens is 434 g/mol. The number of nitrogens with zero attached hydrogens (tertiary/aromatic N) is 4. The van der Waals surface area contributed by atoms with E-state index in [0.717, 1.165) is 36.8 Å². The first kappa shape index (κ1) is 24.6. The number of guanidine groups is 1. The predicted molar refractivity (Wildman–Crippen MR) is 136 cm³/mol. The van der Waals surface area contributed by atoms with E-state index in [9.17, 15) is 4.79 Å². The fourth-order valence-corrected chi connectivity index (χ4v) is 3.85. The second-order valence-electron chi connectivity index (χ2n) is 8.25. The number of nitrogen functional groups attached to an aromatic ring is 1. The molecular formula is C22H33N11O. The molecule has 1 amide bonds. The number of benzene rings is 1. The van der Waals surface area contributed by atoms with E-state index >= 15 is 0 Å². The number of carbonyl (C=O) groups excluding carboxylic acids is 1. The molecule has 2 aromatic rings. The average Bonchev–Trinajstić information content (AvgIpc) is 3.22. The first-order valence-corrected chi connectivity index (χ1v) is 11.0. The van der Waals surface area contributed by atoms with Gasteiger partial charge in [0.15, 0.2) is 5.96 Å². The maximum absolute atomic E-state index is 11.9. The summed E-state index contributed by atoms with van der Waals surface area (Å²) >= 11 is 0. The molecule has 1 heterocycles. The van der Waals surface area contributed by atoms with Gasteiger partial charge in [-0.15, -0.1) is 0 Å². The molecule has 3 rings (SSSR count). The number of hydrogen-bond acceptors (Lipinski definition) is 8. The van der Waals surface area contributed by atoms with Crippen molar-refractivity contribution < 1.29 is 4.79 Å². The van der Waals surface area contributed by atoms with Crippen LogP contribution in [0.4, 0.5) is 11.4 Å². The highest BCUT2D eigenvalue weighted by Gasteiger charge is 2.22. The zero-order valence-electron chi connectivity index (χ0n) is 19.5. The second-order valence-corrected chi connectivity index (χ2v) is 8.25. The van der Waals surface area contributed by atoms with Crippen LogP contribution in [0.5, 0.6) is 0 Å². The van der Waals surface area contributed by atoms with Crippen LogP contribution in [0, 0.1) is 0 Å². The van der Waals surface area contributed by atoms with Gasteiger partial charge in [0.25, 0.3) is 5.91 Å². The van der Waals surface area contributed by atoms with E-state index in [1.807, 2.05) is 25.4 Å². The number of carbonyl (C=O) groups is 1. The Morgan fingerprint density at radius 1 is 1.21 bits per heavy atom. The lowest BCUT2D eigenvalue weighted by atomic mass is 9.91. The van der Waals surface area contributed by atoms with Crippen LogP contribution >= 0.6 is 0 Å². The number of aromatic nitrogens is 2. The molecule has 0 aliphatic heterocycles. The van der Waals surface area contributed by atoms with E-state index in [4.69, 9.17) is 28.7 Å². The topological polar surface area (TPSA) is 214 Å². The molecule has 1 aliphatic carbocycles. The Morgan fingerprint density at radius 2 is 1.94 bits per heavy atom. The summed E-state index contributed by atoms with van der Waals surface area (Å²) in [5.74, 6) is -0.693. The predicted octanol–water partition coefficient (Wildman–Crippen LogP) is -0.0828. The fourth-order valence-electron chi connectivity index (χ4n) is 3.85. The Bertz CT molecular complexity index is 1130. The van der Waals surface area contributed by atoms with Crippen molar-refractivity contribution in [3.05, 3.63) is 41.6 Å². The first-order valence-electron chi connectivity index (χ1n) is 11.0. The van der Waals surface area contributed by atoms with Gasteiger partial charge in [-0.3, -0.25) is 14.5 Å². The van der Waals surface area contributed by atoms with Gasteiger partial charge in [-0.2, -0.15) is 5.10 Å². The summed E-state index contributed by atoms with van der Waals surface area (Å²) < 4.78 is 1.69. The minimum atomic E-state index is -0.834. The Hall–Kier alpha value is -4.06. The normalized spacial score (nSPS) is 19.7. The van der Waals surface area contributed by atoms with Gasteiger partial charge in [-0.1, -0.05) is 12.8 Å². The number of hydrogen-bond donors (Lipinski definition) is 7. The van der Waals surface area contributed by atoms with Crippen molar-refractivity contribution in [2.45, 2.75) is 37.8 Å². The van der Waals surface area contributed by atoms with Gasteiger partial charge in [-0.25, -0.2) is 4.99 Å². The van der Waals surface area contributed by atoms with Crippen LogP contribution in [0.3, 0.4) is 0 Å². The molecule has 0 saturated heterocycles. The maximum atomic E-state index is 11.9. The number of amides is 1. The number of primary amides is 1. The lowest BCUT2D eigenvalue weighted by Gasteiger charge is -2.26. The Morgan fingerprint density at radius 3 is 2.56 bits per heavy atom. The zero-order valence-corrected chi connectivity index (χ0v) is 19.5. The van der Waals surface area contributed by atoms with Gasteiger partial charge < -0.3 is 39.3 Å². The summed E-state index contributed by atoms with van der Waals surface area (Å²) in [5.41, 5.74) is 33.1. The molecule has 12 nitrogen and oxygen atoms in total. The Balaban J connectivity index is 1.99. The van der Waals surface area contributed by atoms with Crippen molar-refractivity contribution in [3.63, 3.8) is 0 Å². The van der Waals surface area contributed by atoms with Crippen molar-refractivity contribution in [3.8, 4) is 11.1 Å². The molecule has 0 unspecified atom stereocenters. The summed E-state index contributed by atoms with van der Waals surface area (Å²) in [6, 6.07) is 3.45. The lowest BCUT2D eigenvalue weighted by Crippen LogP contribution is -2.42. The zero-order chi connectivity index (χ0) is 24.8. The third-order valence-electron chi connectivity index (χ3n) is 5.64. The van der Waals surface area contributed by atoms with Gasteiger partial charge in [0.1, 0.15) is 11.5 Å². The van der Waals surface area contributed by atoms with Crippen molar-refractivity contribution >= 4 is 29.5 Å². The van der Waals surface area contributed by atoms with Gasteiger partial charge >= 0.3 is 0 Å². The third-order valence-corrected chi connectivity index (χ3v) is 5.64. The van der Waals surface area contributed by atoms with Gasteiger partial charge in [0, 0.05) is 49.4 Å². The number of aryl methyl sites for hydroxylation is 1. The molecule has 0 spiro atoms. The molecule has 1 fully saturated rings. The molecule has 1 aromatic carbocycles. The van der Waals surface area contributed by atoms with Gasteiger partial charge in [0.2, 0.25) is 0 Å². The SMILES string of the molecule is CN=Cc1c(N)cc(-c2cnn(C)c2)cc1N/C(NC(N)=N[C@@H]1CCCC[C@@H]1N)=C(/N)C(N)=O. The molecule has 34 heavy (non-hydrogen) atoms. The minimum Gasteiger partial charge on any atom is -0.398 e. The number of rotatable bonds is 7. The Kier molecular flexibility index (Phi) is 7.74. The quantitative estimate of drug-likeness (QED) is 0.126. The van der Waals surface area contributed by atoms with Crippen molar-refractivity contribution in [1.29, 1.82) is 0 Å². The van der Waals surface area contributed by atoms with Crippen LogP contribution in [0.1, 0.15) is 31.2 Å². The standard InChI is InChI=1S/C22H33N11O/c1-28-10-14-16(24)7-12(13-9-29-33(2)11-13)8-18(14)30-21(19(25)20(26)34)32-22(27)31-17-6-4-3-5-15(17)23/h7-11,15,17,30H,3-6,23-25H2,1-2H3,(H2,26,34)(H3,27,31,32)/b21-19-,28-10?/t15-,17+/m0/s1. The van der Waals surface area contributed by atoms with Crippen LogP contribution in [-0.2, 0) is 11.8 Å². The molecule has 12 N–H and O–H groups in total. The minimum absolute atomic E-state index is 0.0659. The summed E-state index contributed by atoms with van der Waals surface area (Å²) in [6.07, 6.45) is 8.99. The molecule has 182 valence electrons. The van der Waals surface area contributed by atoms with Crippen molar-refractivity contribution in [1.82, 2.24) is 15.1 Å². The van der Waals surface area contributed by atoms with E-state index < -0.39 is 5.91 Å². The second kappa shape index (κ2) is 10.7. The third kappa shape index (κ3) is 5.84. The molecule has 0 radical (unpaired) electrons. The largest absolute Gasteiger partial charge is 0.398 e. The maximum Gasteiger partial charge on any atom is 0.268 e. The number of nitrogens with two attached hydrogens (primary N) is 5. The van der Waals surface area contributed by atoms with E-state index in [-0.39, 0.29) is 29.6 Å². The first-order chi connectivity index (χ1) is 16.2. The van der Waals surface area contributed by atoms with Gasteiger partial charge in [-0.05, 0) is 30.5 Å². The van der Waals surface area contributed by atoms with Crippen LogP contribution in [0.15, 0.2) is 46.0 Å². The molecule has 1 saturated carbocycles. The van der Waals surface area contributed by atoms with Crippen LogP contribution in [0.25, 0.3) is 11.1 Å². The van der Waals surface area contributed by atoms with E-state index in [1.54, 1.807) is 24.1 Å². The highest BCUT2D eigenvalue weighted by molar-refractivity contribution is 5.98. The molecule has 1 aliphatic rings. The monoisotopic (exact) mass is 467 g/mol. The average molecular weight is 468 g/mol. The molecule has 2 atom stereocenters. The lowest BCUT2D eigenvalue weighted by molar-refractivity contribution is -0.114. The fraction of sp³-hybridized carbons (Fsp3) is 0.364. The number of anilines is 2. The van der Waals surface area contributed by atoms with Crippen molar-refractivity contribution in [2.24, 2.45) is 40.0 Å². The molecule has 12 heteroatoms. The number of nitrogens with one attached hydrogen (secondary N) is 2. The van der Waals surface area contributed by atoms with E-state index in [2.05, 4.69) is 25.7 Å². The molecule has 0 bridgehead atoms. The van der Waals surface area contributed by atoms with Crippen molar-refractivity contribution in [2.75, 3.05) is 18.1 Å². The summed E-state index contributed by atoms with van der Waals surface area (Å²) in [7, 11) is 3.45. The van der Waals surface area contributed by atoms with Crippen LogP contribution < -0.4 is 39.3 Å². The summed E-state index contributed by atoms with van der Waals surface area (Å²) in [6.45, 7) is 0. The smallest absolute Gasteiger partial charge is 0.268 e. The summed E-state index contributed by atoms with van der Waals surface area (Å²) in [5, 5.41) is 10.2. The highest BCUT2D eigenvalue weighted by Crippen LogP contribution is 2.30. The Labute approximate surface area is 198 Å². The number of aliphatic imine (C=N–C) groups is 2. The van der Waals surface area contributed by atoms with Gasteiger partial charge in [0.05, 0.1) is 17.9 Å². The van der Waals surface area contributed by atoms with Crippen LogP contribution in [0.2, 0.25) is 0 Å². The highest BCUT2D eigenvalue weighted by atomic mass is 16.1. The molecule has 1 aromatic heterocycles. The van der Waals surface area contributed by atoms with E-state index in [1.165, 1.54) is 0 Å².